The van der Waals surface area contributed by atoms with Gasteiger partial charge in [0.2, 0.25) is 0 Å². The van der Waals surface area contributed by atoms with Crippen molar-refractivity contribution in [2.75, 3.05) is 0 Å². The van der Waals surface area contributed by atoms with Crippen LogP contribution in [-0.2, 0) is 6.54 Å². The zero-order valence-corrected chi connectivity index (χ0v) is 10.6. The monoisotopic (exact) mass is 288 g/mol. The standard InChI is InChI=1S/C12H8Cl2F2N2/c13-7-2-8(12(14)10(16)3-7)6-1-9(15)11(4-17)18-5-6/h1-3,5H,4,17H2. The van der Waals surface area contributed by atoms with E-state index in [1.54, 1.807) is 0 Å². The molecule has 0 aliphatic heterocycles. The normalized spacial score (nSPS) is 10.7. The molecule has 0 saturated carbocycles. The van der Waals surface area contributed by atoms with Crippen LogP contribution in [0, 0.1) is 11.6 Å². The van der Waals surface area contributed by atoms with Gasteiger partial charge in [-0.2, -0.15) is 0 Å². The van der Waals surface area contributed by atoms with E-state index < -0.39 is 11.6 Å². The molecule has 2 nitrogen and oxygen atoms in total. The highest BCUT2D eigenvalue weighted by Gasteiger charge is 2.12. The Morgan fingerprint density at radius 1 is 1.11 bits per heavy atom. The van der Waals surface area contributed by atoms with Gasteiger partial charge in [-0.05, 0) is 18.2 Å². The summed E-state index contributed by atoms with van der Waals surface area (Å²) in [6, 6.07) is 3.74. The smallest absolute Gasteiger partial charge is 0.146 e. The van der Waals surface area contributed by atoms with E-state index in [0.717, 1.165) is 6.07 Å². The van der Waals surface area contributed by atoms with Gasteiger partial charge in [-0.15, -0.1) is 0 Å². The molecule has 0 unspecified atom stereocenters. The third-order valence-electron chi connectivity index (χ3n) is 2.41. The molecule has 1 heterocycles. The fourth-order valence-electron chi connectivity index (χ4n) is 1.53. The molecule has 0 aliphatic rings. The average molecular weight is 289 g/mol. The molecule has 18 heavy (non-hydrogen) atoms. The maximum Gasteiger partial charge on any atom is 0.146 e. The molecule has 0 bridgehead atoms. The molecule has 0 saturated heterocycles. The summed E-state index contributed by atoms with van der Waals surface area (Å²) in [4.78, 5) is 3.85. The first-order valence-electron chi connectivity index (χ1n) is 5.02. The van der Waals surface area contributed by atoms with Crippen molar-refractivity contribution >= 4 is 23.2 Å². The molecule has 0 fully saturated rings. The number of hydrogen-bond acceptors (Lipinski definition) is 2. The quantitative estimate of drug-likeness (QED) is 0.854. The molecule has 2 N–H and O–H groups in total. The van der Waals surface area contributed by atoms with Crippen molar-refractivity contribution in [3.8, 4) is 11.1 Å². The molecule has 94 valence electrons. The third kappa shape index (κ3) is 2.46. The van der Waals surface area contributed by atoms with Crippen LogP contribution in [0.1, 0.15) is 5.69 Å². The van der Waals surface area contributed by atoms with E-state index in [9.17, 15) is 8.78 Å². The zero-order valence-electron chi connectivity index (χ0n) is 9.05. The molecule has 0 atom stereocenters. The van der Waals surface area contributed by atoms with Gasteiger partial charge < -0.3 is 5.73 Å². The zero-order chi connectivity index (χ0) is 13.3. The van der Waals surface area contributed by atoms with Crippen molar-refractivity contribution in [2.24, 2.45) is 5.73 Å². The van der Waals surface area contributed by atoms with Crippen LogP contribution in [0.15, 0.2) is 24.4 Å². The number of rotatable bonds is 2. The lowest BCUT2D eigenvalue weighted by Crippen LogP contribution is -2.03. The van der Waals surface area contributed by atoms with Crippen molar-refractivity contribution in [3.05, 3.63) is 51.8 Å². The van der Waals surface area contributed by atoms with E-state index in [4.69, 9.17) is 28.9 Å². The lowest BCUT2D eigenvalue weighted by Gasteiger charge is -2.07. The minimum absolute atomic E-state index is 0.0102. The predicted molar refractivity (Wildman–Crippen MR) is 67.5 cm³/mol. The summed E-state index contributed by atoms with van der Waals surface area (Å²) >= 11 is 11.6. The van der Waals surface area contributed by atoms with Crippen molar-refractivity contribution < 1.29 is 8.78 Å². The van der Waals surface area contributed by atoms with Gasteiger partial charge in [0.05, 0.1) is 10.7 Å². The Labute approximate surface area is 112 Å². The van der Waals surface area contributed by atoms with Crippen molar-refractivity contribution in [3.63, 3.8) is 0 Å². The van der Waals surface area contributed by atoms with E-state index in [-0.39, 0.29) is 27.8 Å². The van der Waals surface area contributed by atoms with Gasteiger partial charge >= 0.3 is 0 Å². The lowest BCUT2D eigenvalue weighted by molar-refractivity contribution is 0.600. The fraction of sp³-hybridized carbons (Fsp3) is 0.0833. The van der Waals surface area contributed by atoms with Crippen LogP contribution >= 0.6 is 23.2 Å². The predicted octanol–water partition coefficient (Wildman–Crippen LogP) is 3.79. The van der Waals surface area contributed by atoms with Crippen LogP contribution in [0.25, 0.3) is 11.1 Å². The Hall–Kier alpha value is -1.23. The Bertz CT molecular complexity index is 603. The molecule has 0 spiro atoms. The first-order chi connectivity index (χ1) is 8.52. The van der Waals surface area contributed by atoms with E-state index in [0.29, 0.717) is 5.56 Å². The van der Waals surface area contributed by atoms with Gasteiger partial charge in [-0.3, -0.25) is 4.98 Å². The van der Waals surface area contributed by atoms with Crippen molar-refractivity contribution in [1.29, 1.82) is 0 Å². The Morgan fingerprint density at radius 3 is 2.44 bits per heavy atom. The van der Waals surface area contributed by atoms with Crippen LogP contribution in [0.4, 0.5) is 8.78 Å². The molecular weight excluding hydrogens is 281 g/mol. The number of pyridine rings is 1. The summed E-state index contributed by atoms with van der Waals surface area (Å²) in [5.74, 6) is -1.23. The van der Waals surface area contributed by atoms with E-state index in [2.05, 4.69) is 4.98 Å². The molecule has 0 aliphatic carbocycles. The third-order valence-corrected chi connectivity index (χ3v) is 3.02. The van der Waals surface area contributed by atoms with Crippen LogP contribution < -0.4 is 5.73 Å². The summed E-state index contributed by atoms with van der Waals surface area (Å²) in [7, 11) is 0. The summed E-state index contributed by atoms with van der Waals surface area (Å²) in [5, 5.41) is 0.0521. The van der Waals surface area contributed by atoms with E-state index in [1.165, 1.54) is 18.3 Å². The van der Waals surface area contributed by atoms with Crippen LogP contribution in [0.2, 0.25) is 10.0 Å². The Morgan fingerprint density at radius 2 is 1.83 bits per heavy atom. The van der Waals surface area contributed by atoms with Gasteiger partial charge in [0.15, 0.2) is 0 Å². The largest absolute Gasteiger partial charge is 0.325 e. The van der Waals surface area contributed by atoms with Gasteiger partial charge in [-0.25, -0.2) is 8.78 Å². The molecule has 2 rings (SSSR count). The highest BCUT2D eigenvalue weighted by atomic mass is 35.5. The molecule has 6 heteroatoms. The topological polar surface area (TPSA) is 38.9 Å². The second-order valence-electron chi connectivity index (χ2n) is 3.61. The van der Waals surface area contributed by atoms with E-state index >= 15 is 0 Å². The van der Waals surface area contributed by atoms with Crippen molar-refractivity contribution in [1.82, 2.24) is 4.98 Å². The highest BCUT2D eigenvalue weighted by molar-refractivity contribution is 6.35. The average Bonchev–Trinajstić information content (AvgIpc) is 2.33. The molecule has 2 aromatic rings. The fourth-order valence-corrected chi connectivity index (χ4v) is 1.95. The van der Waals surface area contributed by atoms with Gasteiger partial charge in [-0.1, -0.05) is 23.2 Å². The Kier molecular flexibility index (Phi) is 3.80. The number of benzene rings is 1. The van der Waals surface area contributed by atoms with Crippen LogP contribution in [-0.4, -0.2) is 4.98 Å². The summed E-state index contributed by atoms with van der Waals surface area (Å²) in [6.07, 6.45) is 1.38. The van der Waals surface area contributed by atoms with Crippen LogP contribution in [0.5, 0.6) is 0 Å². The molecular formula is C12H8Cl2F2N2. The minimum Gasteiger partial charge on any atom is -0.325 e. The molecule has 1 aromatic carbocycles. The number of nitrogens with two attached hydrogens (primary N) is 1. The molecule has 0 radical (unpaired) electrons. The maximum atomic E-state index is 13.6. The number of nitrogens with zero attached hydrogens (tertiary/aromatic N) is 1. The second kappa shape index (κ2) is 5.18. The SMILES string of the molecule is NCc1ncc(-c2cc(Cl)cc(F)c2Cl)cc1F. The summed E-state index contributed by atoms with van der Waals surface area (Å²) < 4.78 is 27.0. The van der Waals surface area contributed by atoms with Gasteiger partial charge in [0.25, 0.3) is 0 Å². The van der Waals surface area contributed by atoms with E-state index in [1.807, 2.05) is 0 Å². The molecule has 0 amide bonds. The number of hydrogen-bond donors (Lipinski definition) is 1. The van der Waals surface area contributed by atoms with Gasteiger partial charge in [0, 0.05) is 28.9 Å². The first kappa shape index (κ1) is 13.2. The molecule has 1 aromatic heterocycles. The first-order valence-corrected chi connectivity index (χ1v) is 5.78. The lowest BCUT2D eigenvalue weighted by atomic mass is 10.1. The summed E-state index contributed by atoms with van der Waals surface area (Å²) in [6.45, 7) is -0.0102. The van der Waals surface area contributed by atoms with Crippen molar-refractivity contribution in [2.45, 2.75) is 6.54 Å². The second-order valence-corrected chi connectivity index (χ2v) is 4.42. The number of aromatic nitrogens is 1. The maximum absolute atomic E-state index is 13.6. The van der Waals surface area contributed by atoms with Crippen LogP contribution in [0.3, 0.4) is 0 Å². The number of halogens is 4. The highest BCUT2D eigenvalue weighted by Crippen LogP contribution is 2.33. The van der Waals surface area contributed by atoms with Gasteiger partial charge in [0.1, 0.15) is 11.6 Å². The summed E-state index contributed by atoms with van der Waals surface area (Å²) in [5.41, 5.74) is 6.08. The Balaban J connectivity index is 2.58. The minimum atomic E-state index is -0.664.